The molecular formula is C12H15FO4. The number of halogens is 1. The van der Waals surface area contributed by atoms with Crippen molar-refractivity contribution in [3.05, 3.63) is 29.8 Å². The summed E-state index contributed by atoms with van der Waals surface area (Å²) >= 11 is 0. The largest absolute Gasteiger partial charge is 0.461 e. The summed E-state index contributed by atoms with van der Waals surface area (Å²) in [6.07, 6.45) is -2.10. The second kappa shape index (κ2) is 6.85. The summed E-state index contributed by atoms with van der Waals surface area (Å²) in [6, 6.07) is 6.68. The van der Waals surface area contributed by atoms with E-state index in [2.05, 4.69) is 4.74 Å². The summed E-state index contributed by atoms with van der Waals surface area (Å²) < 4.78 is 27.5. The van der Waals surface area contributed by atoms with Crippen molar-refractivity contribution in [3.8, 4) is 5.75 Å². The molecule has 1 rings (SSSR count). The Bertz CT molecular complexity index is 367. The second-order valence-electron chi connectivity index (χ2n) is 3.27. The molecule has 0 aliphatic carbocycles. The van der Waals surface area contributed by atoms with Gasteiger partial charge in [0.25, 0.3) is 0 Å². The highest BCUT2D eigenvalue weighted by atomic mass is 19.1. The molecule has 17 heavy (non-hydrogen) atoms. The highest BCUT2D eigenvalue weighted by Gasteiger charge is 2.20. The molecule has 1 atom stereocenters. The van der Waals surface area contributed by atoms with Gasteiger partial charge in [-0.05, 0) is 24.6 Å². The molecule has 0 bridgehead atoms. The minimum Gasteiger partial charge on any atom is -0.461 e. The number of carbonyl (C=O) groups is 1. The monoisotopic (exact) mass is 242 g/mol. The molecule has 0 spiro atoms. The first-order chi connectivity index (χ1) is 8.17. The van der Waals surface area contributed by atoms with Crippen LogP contribution >= 0.6 is 0 Å². The summed E-state index contributed by atoms with van der Waals surface area (Å²) in [5.41, 5.74) is 0.834. The maximum Gasteiger partial charge on any atom is 0.381 e. The Morgan fingerprint density at radius 3 is 2.88 bits per heavy atom. The lowest BCUT2D eigenvalue weighted by atomic mass is 10.2. The number of methoxy groups -OCH3 is 1. The summed E-state index contributed by atoms with van der Waals surface area (Å²) in [6.45, 7) is 2.11. The molecule has 0 amide bonds. The topological polar surface area (TPSA) is 44.8 Å². The van der Waals surface area contributed by atoms with Crippen molar-refractivity contribution in [2.45, 2.75) is 19.9 Å². The molecule has 1 aromatic rings. The lowest BCUT2D eigenvalue weighted by Crippen LogP contribution is -2.24. The molecule has 0 saturated heterocycles. The van der Waals surface area contributed by atoms with E-state index < -0.39 is 12.3 Å². The van der Waals surface area contributed by atoms with Gasteiger partial charge in [0, 0.05) is 7.11 Å². The van der Waals surface area contributed by atoms with Gasteiger partial charge < -0.3 is 14.2 Å². The molecule has 1 aromatic carbocycles. The molecule has 0 fully saturated rings. The van der Waals surface area contributed by atoms with Crippen LogP contribution in [0.3, 0.4) is 0 Å². The normalized spacial score (nSPS) is 11.9. The molecule has 0 saturated carbocycles. The summed E-state index contributed by atoms with van der Waals surface area (Å²) in [4.78, 5) is 11.0. The fourth-order valence-corrected chi connectivity index (χ4v) is 1.25. The molecule has 0 aromatic heterocycles. The van der Waals surface area contributed by atoms with Crippen LogP contribution in [0.4, 0.5) is 4.39 Å². The van der Waals surface area contributed by atoms with Crippen LogP contribution in [0.1, 0.15) is 12.5 Å². The van der Waals surface area contributed by atoms with E-state index in [1.54, 1.807) is 32.2 Å². The van der Waals surface area contributed by atoms with Crippen LogP contribution in [0.5, 0.6) is 5.75 Å². The number of ether oxygens (including phenoxy) is 3. The number of hydrogen-bond donors (Lipinski definition) is 0. The van der Waals surface area contributed by atoms with Gasteiger partial charge in [-0.25, -0.2) is 4.79 Å². The standard InChI is InChI=1S/C12H15FO4/c1-3-16-12(14)11(13)17-10-6-4-5-9(7-10)8-15-2/h4-7,11H,3,8H2,1-2H3. The van der Waals surface area contributed by atoms with Crippen molar-refractivity contribution in [2.24, 2.45) is 0 Å². The molecule has 0 N–H and O–H groups in total. The minimum atomic E-state index is -2.10. The molecule has 1 unspecified atom stereocenters. The molecule has 0 aliphatic heterocycles. The lowest BCUT2D eigenvalue weighted by molar-refractivity contribution is -0.159. The third-order valence-corrected chi connectivity index (χ3v) is 1.92. The van der Waals surface area contributed by atoms with Gasteiger partial charge in [0.05, 0.1) is 13.2 Å². The second-order valence-corrected chi connectivity index (χ2v) is 3.27. The maximum absolute atomic E-state index is 13.3. The smallest absolute Gasteiger partial charge is 0.381 e. The quantitative estimate of drug-likeness (QED) is 0.716. The third-order valence-electron chi connectivity index (χ3n) is 1.92. The van der Waals surface area contributed by atoms with Crippen molar-refractivity contribution in [2.75, 3.05) is 13.7 Å². The average molecular weight is 242 g/mol. The summed E-state index contributed by atoms with van der Waals surface area (Å²) in [5, 5.41) is 0. The Hall–Kier alpha value is -1.62. The fraction of sp³-hybridized carbons (Fsp3) is 0.417. The van der Waals surface area contributed by atoms with E-state index in [0.717, 1.165) is 5.56 Å². The van der Waals surface area contributed by atoms with Crippen molar-refractivity contribution >= 4 is 5.97 Å². The predicted octanol–water partition coefficient (Wildman–Crippen LogP) is 2.07. The molecule has 0 radical (unpaired) electrons. The van der Waals surface area contributed by atoms with Crippen molar-refractivity contribution in [1.82, 2.24) is 0 Å². The fourth-order valence-electron chi connectivity index (χ4n) is 1.25. The Kier molecular flexibility index (Phi) is 5.42. The van der Waals surface area contributed by atoms with Gasteiger partial charge in [-0.15, -0.1) is 0 Å². The SMILES string of the molecule is CCOC(=O)C(F)Oc1cccc(COC)c1. The van der Waals surface area contributed by atoms with Crippen LogP contribution in [0.2, 0.25) is 0 Å². The van der Waals surface area contributed by atoms with Gasteiger partial charge in [0.15, 0.2) is 0 Å². The van der Waals surface area contributed by atoms with Crippen LogP contribution in [-0.2, 0) is 20.9 Å². The first-order valence-electron chi connectivity index (χ1n) is 5.22. The van der Waals surface area contributed by atoms with E-state index in [-0.39, 0.29) is 12.4 Å². The predicted molar refractivity (Wildman–Crippen MR) is 59.3 cm³/mol. The van der Waals surface area contributed by atoms with E-state index in [0.29, 0.717) is 6.61 Å². The maximum atomic E-state index is 13.3. The highest BCUT2D eigenvalue weighted by molar-refractivity contribution is 5.73. The van der Waals surface area contributed by atoms with E-state index in [9.17, 15) is 9.18 Å². The molecule has 5 heteroatoms. The van der Waals surface area contributed by atoms with Crippen molar-refractivity contribution in [3.63, 3.8) is 0 Å². The van der Waals surface area contributed by atoms with Crippen LogP contribution in [0, 0.1) is 0 Å². The van der Waals surface area contributed by atoms with Gasteiger partial charge >= 0.3 is 12.3 Å². The molecule has 4 nitrogen and oxygen atoms in total. The van der Waals surface area contributed by atoms with E-state index in [4.69, 9.17) is 9.47 Å². The average Bonchev–Trinajstić information content (AvgIpc) is 2.30. The molecule has 0 aliphatic rings. The summed E-state index contributed by atoms with van der Waals surface area (Å²) in [7, 11) is 1.56. The number of alkyl halides is 1. The molecule has 94 valence electrons. The third kappa shape index (κ3) is 4.40. The Morgan fingerprint density at radius 2 is 2.24 bits per heavy atom. The number of hydrogen-bond acceptors (Lipinski definition) is 4. The van der Waals surface area contributed by atoms with E-state index >= 15 is 0 Å². The van der Waals surface area contributed by atoms with E-state index in [1.165, 1.54) is 0 Å². The van der Waals surface area contributed by atoms with Crippen LogP contribution < -0.4 is 4.74 Å². The number of carbonyl (C=O) groups excluding carboxylic acids is 1. The van der Waals surface area contributed by atoms with Gasteiger partial charge in [-0.1, -0.05) is 12.1 Å². The zero-order valence-corrected chi connectivity index (χ0v) is 9.81. The van der Waals surface area contributed by atoms with Crippen LogP contribution in [0.25, 0.3) is 0 Å². The zero-order valence-electron chi connectivity index (χ0n) is 9.81. The minimum absolute atomic E-state index is 0.117. The van der Waals surface area contributed by atoms with Crippen LogP contribution in [-0.4, -0.2) is 26.0 Å². The Labute approximate surface area is 99.3 Å². The lowest BCUT2D eigenvalue weighted by Gasteiger charge is -2.11. The van der Waals surface area contributed by atoms with Gasteiger partial charge in [0.1, 0.15) is 5.75 Å². The molecular weight excluding hydrogens is 227 g/mol. The van der Waals surface area contributed by atoms with Crippen LogP contribution in [0.15, 0.2) is 24.3 Å². The van der Waals surface area contributed by atoms with Crippen molar-refractivity contribution < 1.29 is 23.4 Å². The number of esters is 1. The number of rotatable bonds is 6. The van der Waals surface area contributed by atoms with Gasteiger partial charge in [-0.3, -0.25) is 0 Å². The number of benzene rings is 1. The van der Waals surface area contributed by atoms with Gasteiger partial charge in [-0.2, -0.15) is 4.39 Å². The highest BCUT2D eigenvalue weighted by Crippen LogP contribution is 2.16. The van der Waals surface area contributed by atoms with Gasteiger partial charge in [0.2, 0.25) is 0 Å². The van der Waals surface area contributed by atoms with Crippen molar-refractivity contribution in [1.29, 1.82) is 0 Å². The summed E-state index contributed by atoms with van der Waals surface area (Å²) in [5.74, 6) is -0.759. The first kappa shape index (κ1) is 13.4. The first-order valence-corrected chi connectivity index (χ1v) is 5.22. The zero-order chi connectivity index (χ0) is 12.7. The van der Waals surface area contributed by atoms with E-state index in [1.807, 2.05) is 6.07 Å². The molecule has 0 heterocycles. The Morgan fingerprint density at radius 1 is 1.47 bits per heavy atom. The Balaban J connectivity index is 2.61.